The molecule has 5 heteroatoms. The molecule has 0 saturated carbocycles. The fourth-order valence-electron chi connectivity index (χ4n) is 2.82. The van der Waals surface area contributed by atoms with E-state index in [1.165, 1.54) is 42.8 Å². The summed E-state index contributed by atoms with van der Waals surface area (Å²) in [5.41, 5.74) is 4.39. The predicted octanol–water partition coefficient (Wildman–Crippen LogP) is 5.45. The molecule has 0 fully saturated rings. The van der Waals surface area contributed by atoms with Crippen LogP contribution in [0.4, 0.5) is 5.69 Å². The van der Waals surface area contributed by atoms with Gasteiger partial charge in [0.2, 0.25) is 0 Å². The highest BCUT2D eigenvalue weighted by Gasteiger charge is 2.08. The maximum absolute atomic E-state index is 10.7. The monoisotopic (exact) mass is 347 g/mol. The SMILES string of the molecule is CCCCCc1ccc(-c2ccc(-c3ncc([N+](=O)[O-])cn3)cc2)cc1. The lowest BCUT2D eigenvalue weighted by Crippen LogP contribution is -1.93. The van der Waals surface area contributed by atoms with Crippen molar-refractivity contribution >= 4 is 5.69 Å². The Morgan fingerprint density at radius 3 is 1.92 bits per heavy atom. The minimum absolute atomic E-state index is 0.107. The number of rotatable bonds is 7. The highest BCUT2D eigenvalue weighted by molar-refractivity contribution is 5.67. The average Bonchev–Trinajstić information content (AvgIpc) is 2.69. The van der Waals surface area contributed by atoms with Gasteiger partial charge < -0.3 is 0 Å². The van der Waals surface area contributed by atoms with Crippen molar-refractivity contribution in [1.29, 1.82) is 0 Å². The van der Waals surface area contributed by atoms with Crippen molar-refractivity contribution in [1.82, 2.24) is 9.97 Å². The van der Waals surface area contributed by atoms with Crippen molar-refractivity contribution in [2.75, 3.05) is 0 Å². The molecule has 26 heavy (non-hydrogen) atoms. The van der Waals surface area contributed by atoms with Crippen LogP contribution in [0.1, 0.15) is 31.7 Å². The summed E-state index contributed by atoms with van der Waals surface area (Å²) < 4.78 is 0. The van der Waals surface area contributed by atoms with E-state index in [0.717, 1.165) is 17.5 Å². The molecule has 0 atom stereocenters. The molecule has 1 aromatic heterocycles. The molecule has 0 saturated heterocycles. The standard InChI is InChI=1S/C21H21N3O2/c1-2-3-4-5-16-6-8-17(9-7-16)18-10-12-19(13-11-18)21-22-14-20(15-23-21)24(25)26/h6-15H,2-5H2,1H3. The van der Waals surface area contributed by atoms with Crippen molar-refractivity contribution in [2.24, 2.45) is 0 Å². The third-order valence-corrected chi connectivity index (χ3v) is 4.35. The van der Waals surface area contributed by atoms with Crippen LogP contribution >= 0.6 is 0 Å². The minimum Gasteiger partial charge on any atom is -0.258 e. The lowest BCUT2D eigenvalue weighted by atomic mass is 10.0. The van der Waals surface area contributed by atoms with Gasteiger partial charge in [0.25, 0.3) is 0 Å². The Morgan fingerprint density at radius 2 is 1.38 bits per heavy atom. The van der Waals surface area contributed by atoms with Crippen molar-refractivity contribution in [3.8, 4) is 22.5 Å². The zero-order valence-electron chi connectivity index (χ0n) is 14.8. The number of unbranched alkanes of at least 4 members (excludes halogenated alkanes) is 2. The summed E-state index contributed by atoms with van der Waals surface area (Å²) in [6, 6.07) is 16.6. The van der Waals surface area contributed by atoms with Crippen molar-refractivity contribution < 1.29 is 4.92 Å². The number of hydrogen-bond acceptors (Lipinski definition) is 4. The van der Waals surface area contributed by atoms with Gasteiger partial charge in [-0.05, 0) is 29.5 Å². The smallest absolute Gasteiger partial charge is 0.258 e. The molecule has 0 aliphatic carbocycles. The number of nitrogens with zero attached hydrogens (tertiary/aromatic N) is 3. The van der Waals surface area contributed by atoms with E-state index >= 15 is 0 Å². The second-order valence-electron chi connectivity index (χ2n) is 6.25. The predicted molar refractivity (Wildman–Crippen MR) is 103 cm³/mol. The topological polar surface area (TPSA) is 68.9 Å². The van der Waals surface area contributed by atoms with Gasteiger partial charge in [0.05, 0.1) is 4.92 Å². The normalized spacial score (nSPS) is 10.7. The molecule has 0 bridgehead atoms. The van der Waals surface area contributed by atoms with Crippen molar-refractivity contribution in [3.63, 3.8) is 0 Å². The molecule has 0 aliphatic heterocycles. The molecule has 132 valence electrons. The second kappa shape index (κ2) is 8.34. The lowest BCUT2D eigenvalue weighted by Gasteiger charge is -2.06. The molecule has 1 heterocycles. The summed E-state index contributed by atoms with van der Waals surface area (Å²) in [7, 11) is 0. The summed E-state index contributed by atoms with van der Waals surface area (Å²) in [5, 5.41) is 10.7. The van der Waals surface area contributed by atoms with Crippen LogP contribution in [-0.2, 0) is 6.42 Å². The Balaban J connectivity index is 1.71. The number of benzene rings is 2. The molecule has 0 radical (unpaired) electrons. The van der Waals surface area contributed by atoms with Crippen molar-refractivity contribution in [3.05, 3.63) is 76.6 Å². The molecule has 3 aromatic rings. The van der Waals surface area contributed by atoms with E-state index in [0.29, 0.717) is 5.82 Å². The van der Waals surface area contributed by atoms with E-state index in [1.54, 1.807) is 0 Å². The summed E-state index contributed by atoms with van der Waals surface area (Å²) in [4.78, 5) is 18.3. The summed E-state index contributed by atoms with van der Waals surface area (Å²) in [5.74, 6) is 0.480. The molecular weight excluding hydrogens is 326 g/mol. The number of aromatic nitrogens is 2. The van der Waals surface area contributed by atoms with Crippen LogP contribution in [0.3, 0.4) is 0 Å². The van der Waals surface area contributed by atoms with Gasteiger partial charge in [0.15, 0.2) is 5.82 Å². The molecular formula is C21H21N3O2. The highest BCUT2D eigenvalue weighted by Crippen LogP contribution is 2.24. The van der Waals surface area contributed by atoms with Crippen LogP contribution in [0, 0.1) is 10.1 Å². The van der Waals surface area contributed by atoms with Crippen LogP contribution in [0.2, 0.25) is 0 Å². The van der Waals surface area contributed by atoms with E-state index < -0.39 is 4.92 Å². The molecule has 0 amide bonds. The molecule has 0 unspecified atom stereocenters. The first kappa shape index (κ1) is 17.7. The summed E-state index contributed by atoms with van der Waals surface area (Å²) >= 11 is 0. The van der Waals surface area contributed by atoms with Crippen LogP contribution < -0.4 is 0 Å². The molecule has 3 rings (SSSR count). The first-order valence-electron chi connectivity index (χ1n) is 8.83. The summed E-state index contributed by atoms with van der Waals surface area (Å²) in [6.07, 6.45) is 7.34. The number of aryl methyl sites for hydroxylation is 1. The van der Waals surface area contributed by atoms with E-state index in [9.17, 15) is 10.1 Å². The molecule has 5 nitrogen and oxygen atoms in total. The van der Waals surface area contributed by atoms with E-state index in [2.05, 4.69) is 41.2 Å². The lowest BCUT2D eigenvalue weighted by molar-refractivity contribution is -0.385. The van der Waals surface area contributed by atoms with Gasteiger partial charge in [-0.2, -0.15) is 0 Å². The fraction of sp³-hybridized carbons (Fsp3) is 0.238. The van der Waals surface area contributed by atoms with E-state index in [4.69, 9.17) is 0 Å². The maximum atomic E-state index is 10.7. The highest BCUT2D eigenvalue weighted by atomic mass is 16.6. The van der Waals surface area contributed by atoms with Gasteiger partial charge >= 0.3 is 5.69 Å². The minimum atomic E-state index is -0.501. The first-order chi connectivity index (χ1) is 12.7. The van der Waals surface area contributed by atoms with E-state index in [1.807, 2.05) is 24.3 Å². The number of hydrogen-bond donors (Lipinski definition) is 0. The Morgan fingerprint density at radius 1 is 0.846 bits per heavy atom. The van der Waals surface area contributed by atoms with Gasteiger partial charge in [-0.15, -0.1) is 0 Å². The maximum Gasteiger partial charge on any atom is 0.305 e. The fourth-order valence-corrected chi connectivity index (χ4v) is 2.82. The third-order valence-electron chi connectivity index (χ3n) is 4.35. The van der Waals surface area contributed by atoms with Gasteiger partial charge in [0.1, 0.15) is 12.4 Å². The summed E-state index contributed by atoms with van der Waals surface area (Å²) in [6.45, 7) is 2.22. The quantitative estimate of drug-likeness (QED) is 0.324. The average molecular weight is 347 g/mol. The Hall–Kier alpha value is -3.08. The molecule has 0 N–H and O–H groups in total. The first-order valence-corrected chi connectivity index (χ1v) is 8.83. The molecule has 0 spiro atoms. The van der Waals surface area contributed by atoms with E-state index in [-0.39, 0.29) is 5.69 Å². The number of nitro groups is 1. The second-order valence-corrected chi connectivity index (χ2v) is 6.25. The molecule has 0 aliphatic rings. The van der Waals surface area contributed by atoms with Crippen molar-refractivity contribution in [2.45, 2.75) is 32.6 Å². The third kappa shape index (κ3) is 4.30. The van der Waals surface area contributed by atoms with Crippen LogP contribution in [0.25, 0.3) is 22.5 Å². The zero-order chi connectivity index (χ0) is 18.4. The Labute approximate surface area is 152 Å². The van der Waals surface area contributed by atoms with Crippen LogP contribution in [0.5, 0.6) is 0 Å². The van der Waals surface area contributed by atoms with Gasteiger partial charge in [-0.1, -0.05) is 68.3 Å². The largest absolute Gasteiger partial charge is 0.305 e. The van der Waals surface area contributed by atoms with Gasteiger partial charge in [-0.3, -0.25) is 10.1 Å². The van der Waals surface area contributed by atoms with Gasteiger partial charge in [-0.25, -0.2) is 9.97 Å². The Bertz CT molecular complexity index is 857. The zero-order valence-corrected chi connectivity index (χ0v) is 14.8. The van der Waals surface area contributed by atoms with Crippen LogP contribution in [-0.4, -0.2) is 14.9 Å². The Kier molecular flexibility index (Phi) is 5.69. The van der Waals surface area contributed by atoms with Gasteiger partial charge in [0, 0.05) is 5.56 Å². The molecule has 2 aromatic carbocycles. The van der Waals surface area contributed by atoms with Crippen LogP contribution in [0.15, 0.2) is 60.9 Å².